The lowest BCUT2D eigenvalue weighted by atomic mass is 10.2. The van der Waals surface area contributed by atoms with Crippen molar-refractivity contribution in [2.24, 2.45) is 0 Å². The van der Waals surface area contributed by atoms with E-state index in [2.05, 4.69) is 15.5 Å². The van der Waals surface area contributed by atoms with Crippen molar-refractivity contribution in [3.8, 4) is 17.2 Å². The number of nitrogens with one attached hydrogen (secondary N) is 1. The van der Waals surface area contributed by atoms with Gasteiger partial charge in [-0.15, -0.1) is 10.2 Å². The molecule has 9 nitrogen and oxygen atoms in total. The van der Waals surface area contributed by atoms with E-state index in [0.717, 1.165) is 39.9 Å². The summed E-state index contributed by atoms with van der Waals surface area (Å²) in [5.41, 5.74) is 0.479. The summed E-state index contributed by atoms with van der Waals surface area (Å²) in [6, 6.07) is 16.9. The molecule has 40 heavy (non-hydrogen) atoms. The number of aromatic nitrogens is 4. The molecule has 0 atom stereocenters. The van der Waals surface area contributed by atoms with E-state index in [9.17, 15) is 22.8 Å². The molecule has 6 rings (SSSR count). The number of fused-ring (bicyclic) bond motifs is 2. The van der Waals surface area contributed by atoms with Crippen molar-refractivity contribution >= 4 is 44.9 Å². The highest BCUT2D eigenvalue weighted by molar-refractivity contribution is 7.99. The lowest BCUT2D eigenvalue weighted by Gasteiger charge is -2.13. The van der Waals surface area contributed by atoms with Crippen LogP contribution in [0.3, 0.4) is 0 Å². The zero-order valence-electron chi connectivity index (χ0n) is 20.3. The molecule has 2 aromatic heterocycles. The number of carbonyl (C=O) groups is 1. The van der Waals surface area contributed by atoms with Crippen LogP contribution in [0.25, 0.3) is 15.9 Å². The minimum absolute atomic E-state index is 0.0317. The summed E-state index contributed by atoms with van der Waals surface area (Å²) in [5.74, 6) is 0.849. The predicted molar refractivity (Wildman–Crippen MR) is 143 cm³/mol. The molecule has 1 aliphatic rings. The van der Waals surface area contributed by atoms with Crippen molar-refractivity contribution in [2.75, 3.05) is 17.9 Å². The van der Waals surface area contributed by atoms with Crippen LogP contribution in [0.15, 0.2) is 76.7 Å². The van der Waals surface area contributed by atoms with E-state index in [4.69, 9.17) is 9.47 Å². The molecule has 0 saturated heterocycles. The lowest BCUT2D eigenvalue weighted by molar-refractivity contribution is -0.137. The number of carbonyl (C=O) groups excluding carboxylic acids is 1. The van der Waals surface area contributed by atoms with Crippen molar-refractivity contribution in [2.45, 2.75) is 17.9 Å². The van der Waals surface area contributed by atoms with E-state index in [1.54, 1.807) is 30.3 Å². The fraction of sp³-hybridized carbons (Fsp3) is 0.154. The SMILES string of the molecule is O=C(CSc1nnc(Cn2c(=O)sc3ccccc32)n1-c1cccc(C(F)(F)F)c1)Nc1ccc2c(c1)OCO2. The van der Waals surface area contributed by atoms with Gasteiger partial charge in [0, 0.05) is 11.8 Å². The molecule has 14 heteroatoms. The second-order valence-electron chi connectivity index (χ2n) is 8.61. The zero-order valence-corrected chi connectivity index (χ0v) is 22.0. The van der Waals surface area contributed by atoms with Gasteiger partial charge in [-0.3, -0.25) is 18.7 Å². The third-order valence-corrected chi connectivity index (χ3v) is 7.88. The summed E-state index contributed by atoms with van der Waals surface area (Å²) in [6.45, 7) is 0.0689. The molecule has 204 valence electrons. The Kier molecular flexibility index (Phi) is 6.72. The Morgan fingerprint density at radius 2 is 1.85 bits per heavy atom. The van der Waals surface area contributed by atoms with Gasteiger partial charge in [-0.1, -0.05) is 41.3 Å². The van der Waals surface area contributed by atoms with Crippen molar-refractivity contribution in [3.05, 3.63) is 87.8 Å². The topological polar surface area (TPSA) is 100 Å². The summed E-state index contributed by atoms with van der Waals surface area (Å²) in [5, 5.41) is 11.3. The van der Waals surface area contributed by atoms with E-state index >= 15 is 0 Å². The highest BCUT2D eigenvalue weighted by Crippen LogP contribution is 2.35. The van der Waals surface area contributed by atoms with Crippen LogP contribution in [0.5, 0.6) is 11.5 Å². The first-order valence-corrected chi connectivity index (χ1v) is 13.6. The van der Waals surface area contributed by atoms with Crippen molar-refractivity contribution in [3.63, 3.8) is 0 Å². The van der Waals surface area contributed by atoms with Gasteiger partial charge in [-0.05, 0) is 42.5 Å². The van der Waals surface area contributed by atoms with Gasteiger partial charge in [-0.25, -0.2) is 0 Å². The zero-order chi connectivity index (χ0) is 27.9. The Balaban J connectivity index is 1.30. The first kappa shape index (κ1) is 26.0. The Morgan fingerprint density at radius 3 is 2.70 bits per heavy atom. The van der Waals surface area contributed by atoms with Gasteiger partial charge in [-0.2, -0.15) is 13.2 Å². The fourth-order valence-electron chi connectivity index (χ4n) is 4.18. The van der Waals surface area contributed by atoms with Crippen LogP contribution in [0.2, 0.25) is 0 Å². The quantitative estimate of drug-likeness (QED) is 0.263. The van der Waals surface area contributed by atoms with Gasteiger partial charge >= 0.3 is 11.0 Å². The number of thioether (sulfide) groups is 1. The molecule has 0 spiro atoms. The molecular formula is C26H18F3N5O4S2. The minimum atomic E-state index is -4.57. The summed E-state index contributed by atoms with van der Waals surface area (Å²) in [6.07, 6.45) is -4.57. The standard InChI is InChI=1S/C26H18F3N5O4S2/c27-26(28,29)15-4-3-5-17(10-15)34-22(12-33-18-6-1-2-7-21(18)40-25(33)36)31-32-24(34)39-13-23(35)30-16-8-9-19-20(11-16)38-14-37-19/h1-11H,12-14H2,(H,30,35). The Hall–Kier alpha value is -4.30. The maximum Gasteiger partial charge on any atom is 0.416 e. The highest BCUT2D eigenvalue weighted by atomic mass is 32.2. The van der Waals surface area contributed by atoms with Crippen molar-refractivity contribution < 1.29 is 27.4 Å². The van der Waals surface area contributed by atoms with E-state index in [0.29, 0.717) is 22.7 Å². The molecular weight excluding hydrogens is 567 g/mol. The molecule has 0 radical (unpaired) electrons. The van der Waals surface area contributed by atoms with Crippen molar-refractivity contribution in [1.82, 2.24) is 19.3 Å². The molecule has 3 aromatic carbocycles. The summed E-state index contributed by atoms with van der Waals surface area (Å²) in [4.78, 5) is 25.2. The lowest BCUT2D eigenvalue weighted by Crippen LogP contribution is -2.17. The van der Waals surface area contributed by atoms with E-state index in [1.165, 1.54) is 21.3 Å². The van der Waals surface area contributed by atoms with Crippen LogP contribution in [-0.2, 0) is 17.5 Å². The molecule has 1 amide bonds. The number of hydrogen-bond acceptors (Lipinski definition) is 8. The third kappa shape index (κ3) is 5.14. The second kappa shape index (κ2) is 10.4. The number of alkyl halides is 3. The number of hydrogen-bond donors (Lipinski definition) is 1. The summed E-state index contributed by atoms with van der Waals surface area (Å²) >= 11 is 2.07. The Bertz CT molecular complexity index is 1800. The number of thiazole rings is 1. The molecule has 3 heterocycles. The van der Waals surface area contributed by atoms with Crippen LogP contribution < -0.4 is 19.7 Å². The second-order valence-corrected chi connectivity index (χ2v) is 10.5. The normalized spacial score (nSPS) is 12.7. The molecule has 0 fully saturated rings. The molecule has 1 aliphatic heterocycles. The van der Waals surface area contributed by atoms with Gasteiger partial charge in [0.15, 0.2) is 22.5 Å². The van der Waals surface area contributed by atoms with Gasteiger partial charge in [0.25, 0.3) is 0 Å². The minimum Gasteiger partial charge on any atom is -0.454 e. The summed E-state index contributed by atoms with van der Waals surface area (Å²) in [7, 11) is 0. The number of halogens is 3. The monoisotopic (exact) mass is 585 g/mol. The predicted octanol–water partition coefficient (Wildman–Crippen LogP) is 5.17. The first-order chi connectivity index (χ1) is 19.3. The third-order valence-electron chi connectivity index (χ3n) is 5.99. The van der Waals surface area contributed by atoms with E-state index in [1.807, 2.05) is 12.1 Å². The number of benzene rings is 3. The smallest absolute Gasteiger partial charge is 0.416 e. The maximum atomic E-state index is 13.5. The Morgan fingerprint density at radius 1 is 1.02 bits per heavy atom. The Labute approximate surface area is 232 Å². The van der Waals surface area contributed by atoms with E-state index < -0.39 is 11.7 Å². The van der Waals surface area contributed by atoms with Crippen molar-refractivity contribution in [1.29, 1.82) is 0 Å². The van der Waals surface area contributed by atoms with Crippen LogP contribution >= 0.6 is 23.1 Å². The molecule has 0 unspecified atom stereocenters. The number of para-hydroxylation sites is 1. The molecule has 0 saturated carbocycles. The van der Waals surface area contributed by atoms with Crippen LogP contribution in [0.4, 0.5) is 18.9 Å². The van der Waals surface area contributed by atoms with Gasteiger partial charge in [0.05, 0.1) is 33.8 Å². The van der Waals surface area contributed by atoms with Gasteiger partial charge < -0.3 is 14.8 Å². The number of anilines is 1. The van der Waals surface area contributed by atoms with Crippen LogP contribution in [0, 0.1) is 0 Å². The fourth-order valence-corrected chi connectivity index (χ4v) is 5.84. The average Bonchev–Trinajstić information content (AvgIpc) is 3.64. The van der Waals surface area contributed by atoms with Crippen LogP contribution in [0.1, 0.15) is 11.4 Å². The molecule has 1 N–H and O–H groups in total. The number of nitrogens with zero attached hydrogens (tertiary/aromatic N) is 4. The van der Waals surface area contributed by atoms with Gasteiger partial charge in [0.2, 0.25) is 12.7 Å². The van der Waals surface area contributed by atoms with Gasteiger partial charge in [0.1, 0.15) is 0 Å². The highest BCUT2D eigenvalue weighted by Gasteiger charge is 2.31. The van der Waals surface area contributed by atoms with E-state index in [-0.39, 0.29) is 46.5 Å². The van der Waals surface area contributed by atoms with Crippen LogP contribution in [-0.4, -0.2) is 37.8 Å². The summed E-state index contributed by atoms with van der Waals surface area (Å²) < 4.78 is 54.9. The maximum absolute atomic E-state index is 13.5. The molecule has 0 aliphatic carbocycles. The number of rotatable bonds is 7. The average molecular weight is 586 g/mol. The number of ether oxygens (including phenoxy) is 2. The largest absolute Gasteiger partial charge is 0.454 e. The molecule has 5 aromatic rings. The number of amides is 1. The first-order valence-electron chi connectivity index (χ1n) is 11.8. The molecule has 0 bridgehead atoms.